The summed E-state index contributed by atoms with van der Waals surface area (Å²) in [7, 11) is 0. The van der Waals surface area contributed by atoms with Crippen LogP contribution in [0.1, 0.15) is 16.7 Å². The van der Waals surface area contributed by atoms with E-state index in [9.17, 15) is 0 Å². The fourth-order valence-electron chi connectivity index (χ4n) is 1.85. The van der Waals surface area contributed by atoms with Gasteiger partial charge < -0.3 is 11.1 Å². The van der Waals surface area contributed by atoms with Gasteiger partial charge in [-0.15, -0.1) is 0 Å². The van der Waals surface area contributed by atoms with Crippen LogP contribution in [0.25, 0.3) is 0 Å². The highest BCUT2D eigenvalue weighted by molar-refractivity contribution is 7.80. The van der Waals surface area contributed by atoms with Crippen LogP contribution in [-0.4, -0.2) is 4.99 Å². The lowest BCUT2D eigenvalue weighted by molar-refractivity contribution is 1.40. The van der Waals surface area contributed by atoms with Crippen LogP contribution in [0, 0.1) is 13.8 Å². The SMILES string of the molecule is Cc1ccc(Nc2c(C)cccc2C(N)=S)cc1Cl. The molecule has 0 amide bonds. The number of hydrogen-bond acceptors (Lipinski definition) is 2. The molecule has 0 bridgehead atoms. The second kappa shape index (κ2) is 5.59. The van der Waals surface area contributed by atoms with Gasteiger partial charge in [-0.1, -0.05) is 42.0 Å². The number of nitrogens with one attached hydrogen (secondary N) is 1. The summed E-state index contributed by atoms with van der Waals surface area (Å²) < 4.78 is 0. The molecule has 2 aromatic rings. The van der Waals surface area contributed by atoms with Crippen molar-refractivity contribution in [3.63, 3.8) is 0 Å². The van der Waals surface area contributed by atoms with E-state index < -0.39 is 0 Å². The number of para-hydroxylation sites is 1. The molecule has 0 aliphatic rings. The molecule has 0 saturated carbocycles. The van der Waals surface area contributed by atoms with Crippen molar-refractivity contribution in [2.24, 2.45) is 5.73 Å². The Kier molecular flexibility index (Phi) is 4.08. The van der Waals surface area contributed by atoms with Crippen LogP contribution in [0.15, 0.2) is 36.4 Å². The van der Waals surface area contributed by atoms with Gasteiger partial charge in [-0.25, -0.2) is 0 Å². The Balaban J connectivity index is 2.42. The minimum absolute atomic E-state index is 0.379. The lowest BCUT2D eigenvalue weighted by atomic mass is 10.1. The average molecular weight is 291 g/mol. The Hall–Kier alpha value is -1.58. The van der Waals surface area contributed by atoms with Gasteiger partial charge in [0.25, 0.3) is 0 Å². The highest BCUT2D eigenvalue weighted by atomic mass is 35.5. The Labute approximate surface area is 123 Å². The first kappa shape index (κ1) is 13.8. The van der Waals surface area contributed by atoms with Crippen LogP contribution < -0.4 is 11.1 Å². The van der Waals surface area contributed by atoms with Crippen molar-refractivity contribution in [3.05, 3.63) is 58.1 Å². The van der Waals surface area contributed by atoms with Gasteiger partial charge in [0, 0.05) is 16.3 Å². The van der Waals surface area contributed by atoms with Gasteiger partial charge in [-0.3, -0.25) is 0 Å². The molecule has 98 valence electrons. The lowest BCUT2D eigenvalue weighted by Crippen LogP contribution is -2.12. The van der Waals surface area contributed by atoms with Crippen LogP contribution in [0.4, 0.5) is 11.4 Å². The molecule has 0 heterocycles. The largest absolute Gasteiger partial charge is 0.389 e. The van der Waals surface area contributed by atoms with Crippen molar-refractivity contribution in [2.45, 2.75) is 13.8 Å². The maximum atomic E-state index is 6.13. The monoisotopic (exact) mass is 290 g/mol. The Morgan fingerprint density at radius 3 is 2.53 bits per heavy atom. The summed E-state index contributed by atoms with van der Waals surface area (Å²) in [5.41, 5.74) is 10.6. The van der Waals surface area contributed by atoms with Crippen molar-refractivity contribution >= 4 is 40.2 Å². The molecule has 2 rings (SSSR count). The summed E-state index contributed by atoms with van der Waals surface area (Å²) in [6, 6.07) is 11.7. The zero-order chi connectivity index (χ0) is 14.0. The molecule has 0 spiro atoms. The minimum Gasteiger partial charge on any atom is -0.389 e. The van der Waals surface area contributed by atoms with Gasteiger partial charge in [0.05, 0.1) is 5.69 Å². The third-order valence-corrected chi connectivity index (χ3v) is 3.61. The Morgan fingerprint density at radius 1 is 1.16 bits per heavy atom. The summed E-state index contributed by atoms with van der Waals surface area (Å²) >= 11 is 11.2. The molecule has 0 fully saturated rings. The first-order valence-electron chi connectivity index (χ1n) is 5.91. The number of hydrogen-bond donors (Lipinski definition) is 2. The fraction of sp³-hybridized carbons (Fsp3) is 0.133. The van der Waals surface area contributed by atoms with E-state index in [1.54, 1.807) is 0 Å². The fourth-order valence-corrected chi connectivity index (χ4v) is 2.20. The third-order valence-electron chi connectivity index (χ3n) is 2.98. The number of nitrogens with two attached hydrogens (primary N) is 1. The number of benzene rings is 2. The van der Waals surface area contributed by atoms with Crippen LogP contribution in [-0.2, 0) is 0 Å². The Bertz CT molecular complexity index is 638. The molecular weight excluding hydrogens is 276 g/mol. The van der Waals surface area contributed by atoms with Gasteiger partial charge >= 0.3 is 0 Å². The van der Waals surface area contributed by atoms with E-state index in [-0.39, 0.29) is 0 Å². The summed E-state index contributed by atoms with van der Waals surface area (Å²) in [6.07, 6.45) is 0. The van der Waals surface area contributed by atoms with Gasteiger partial charge in [0.1, 0.15) is 4.99 Å². The first-order chi connectivity index (χ1) is 8.99. The zero-order valence-corrected chi connectivity index (χ0v) is 12.4. The van der Waals surface area contributed by atoms with E-state index in [2.05, 4.69) is 5.32 Å². The van der Waals surface area contributed by atoms with Crippen LogP contribution in [0.3, 0.4) is 0 Å². The second-order valence-corrected chi connectivity index (χ2v) is 5.30. The molecule has 3 N–H and O–H groups in total. The molecule has 4 heteroatoms. The van der Waals surface area contributed by atoms with E-state index in [0.717, 1.165) is 33.1 Å². The smallest absolute Gasteiger partial charge is 0.106 e. The summed E-state index contributed by atoms with van der Waals surface area (Å²) in [4.78, 5) is 0.379. The van der Waals surface area contributed by atoms with E-state index in [1.807, 2.05) is 50.2 Å². The molecule has 0 unspecified atom stereocenters. The van der Waals surface area contributed by atoms with Crippen molar-refractivity contribution in [3.8, 4) is 0 Å². The molecule has 0 saturated heterocycles. The van der Waals surface area contributed by atoms with Crippen LogP contribution in [0.2, 0.25) is 5.02 Å². The van der Waals surface area contributed by atoms with Crippen molar-refractivity contribution in [2.75, 3.05) is 5.32 Å². The van der Waals surface area contributed by atoms with Crippen molar-refractivity contribution in [1.82, 2.24) is 0 Å². The highest BCUT2D eigenvalue weighted by Crippen LogP contribution is 2.27. The summed E-state index contributed by atoms with van der Waals surface area (Å²) in [5.74, 6) is 0. The minimum atomic E-state index is 0.379. The third kappa shape index (κ3) is 3.06. The number of rotatable bonds is 3. The molecule has 0 aliphatic carbocycles. The summed E-state index contributed by atoms with van der Waals surface area (Å²) in [6.45, 7) is 3.99. The maximum absolute atomic E-state index is 6.13. The Morgan fingerprint density at radius 2 is 1.89 bits per heavy atom. The van der Waals surface area contributed by atoms with Crippen LogP contribution >= 0.6 is 23.8 Å². The highest BCUT2D eigenvalue weighted by Gasteiger charge is 2.08. The number of anilines is 2. The molecule has 19 heavy (non-hydrogen) atoms. The number of thiocarbonyl (C=S) groups is 1. The van der Waals surface area contributed by atoms with Crippen molar-refractivity contribution in [1.29, 1.82) is 0 Å². The molecule has 2 aromatic carbocycles. The average Bonchev–Trinajstić information content (AvgIpc) is 2.36. The molecule has 0 aliphatic heterocycles. The van der Waals surface area contributed by atoms with Crippen molar-refractivity contribution < 1.29 is 0 Å². The number of halogens is 1. The van der Waals surface area contributed by atoms with Crippen LogP contribution in [0.5, 0.6) is 0 Å². The summed E-state index contributed by atoms with van der Waals surface area (Å²) in [5, 5.41) is 4.07. The first-order valence-corrected chi connectivity index (χ1v) is 6.70. The predicted molar refractivity (Wildman–Crippen MR) is 86.5 cm³/mol. The normalized spacial score (nSPS) is 10.3. The molecular formula is C15H15ClN2S. The zero-order valence-electron chi connectivity index (χ0n) is 10.8. The molecule has 0 aromatic heterocycles. The molecule has 2 nitrogen and oxygen atoms in total. The predicted octanol–water partition coefficient (Wildman–Crippen LogP) is 4.33. The van der Waals surface area contributed by atoms with E-state index in [0.29, 0.717) is 4.99 Å². The topological polar surface area (TPSA) is 38.0 Å². The van der Waals surface area contributed by atoms with Gasteiger partial charge in [-0.05, 0) is 43.2 Å². The second-order valence-electron chi connectivity index (χ2n) is 4.45. The maximum Gasteiger partial charge on any atom is 0.106 e. The van der Waals surface area contributed by atoms with Gasteiger partial charge in [0.2, 0.25) is 0 Å². The van der Waals surface area contributed by atoms with E-state index in [1.165, 1.54) is 0 Å². The van der Waals surface area contributed by atoms with Gasteiger partial charge in [-0.2, -0.15) is 0 Å². The standard InChI is InChI=1S/C15H15ClN2S/c1-9-6-7-11(8-13(9)16)18-14-10(2)4-3-5-12(14)15(17)19/h3-8,18H,1-2H3,(H2,17,19). The lowest BCUT2D eigenvalue weighted by Gasteiger charge is -2.14. The van der Waals surface area contributed by atoms with E-state index >= 15 is 0 Å². The van der Waals surface area contributed by atoms with Gasteiger partial charge in [0.15, 0.2) is 0 Å². The number of aryl methyl sites for hydroxylation is 2. The van der Waals surface area contributed by atoms with E-state index in [4.69, 9.17) is 29.6 Å². The molecule has 0 radical (unpaired) electrons. The quantitative estimate of drug-likeness (QED) is 0.826. The molecule has 0 atom stereocenters.